The largest absolute Gasteiger partial charge is 0.490 e. The minimum atomic E-state index is -0.279. The Kier molecular flexibility index (Phi) is 5.62. The smallest absolute Gasteiger partial charge is 0.174 e. The van der Waals surface area contributed by atoms with Gasteiger partial charge >= 0.3 is 0 Å². The Labute approximate surface area is 173 Å². The molecule has 150 valence electrons. The van der Waals surface area contributed by atoms with E-state index in [1.807, 2.05) is 42.7 Å². The molecule has 0 fully saturated rings. The molecule has 4 rings (SSSR count). The first-order chi connectivity index (χ1) is 14.0. The van der Waals surface area contributed by atoms with Gasteiger partial charge in [0, 0.05) is 34.0 Å². The lowest BCUT2D eigenvalue weighted by Crippen LogP contribution is -2.05. The molecule has 2 aromatic carbocycles. The van der Waals surface area contributed by atoms with E-state index in [1.54, 1.807) is 12.1 Å². The zero-order chi connectivity index (χ0) is 20.4. The molecule has 29 heavy (non-hydrogen) atoms. The van der Waals surface area contributed by atoms with Gasteiger partial charge in [-0.3, -0.25) is 4.79 Å². The molecule has 0 radical (unpaired) electrons. The first kappa shape index (κ1) is 19.6. The molecule has 1 aromatic heterocycles. The molecule has 3 aromatic rings. The highest BCUT2D eigenvalue weighted by atomic mass is 32.2. The van der Waals surface area contributed by atoms with Crippen LogP contribution in [0, 0.1) is 19.7 Å². The number of ketones is 1. The molecule has 0 atom stereocenters. The number of thioether (sulfide) groups is 1. The summed E-state index contributed by atoms with van der Waals surface area (Å²) in [6.45, 7) is 5.16. The first-order valence-corrected chi connectivity index (χ1v) is 10.5. The minimum absolute atomic E-state index is 0.0589. The van der Waals surface area contributed by atoms with Crippen LogP contribution in [-0.2, 0) is 0 Å². The SMILES string of the molecule is Cc1cc(C(=O)CSc2ccc3c(c2)OCCCO3)c(C)n1-c1ccc(F)cc1. The van der Waals surface area contributed by atoms with E-state index in [2.05, 4.69) is 0 Å². The summed E-state index contributed by atoms with van der Waals surface area (Å²) in [7, 11) is 0. The predicted molar refractivity (Wildman–Crippen MR) is 112 cm³/mol. The predicted octanol–water partition coefficient (Wildman–Crippen LogP) is 5.37. The molecule has 0 bridgehead atoms. The van der Waals surface area contributed by atoms with Crippen molar-refractivity contribution >= 4 is 17.5 Å². The molecule has 1 aliphatic heterocycles. The van der Waals surface area contributed by atoms with Crippen molar-refractivity contribution in [2.24, 2.45) is 0 Å². The van der Waals surface area contributed by atoms with E-state index in [4.69, 9.17) is 9.47 Å². The van der Waals surface area contributed by atoms with Gasteiger partial charge in [-0.1, -0.05) is 0 Å². The maximum absolute atomic E-state index is 13.2. The summed E-state index contributed by atoms with van der Waals surface area (Å²) in [6.07, 6.45) is 0.860. The number of carbonyl (C=O) groups is 1. The lowest BCUT2D eigenvalue weighted by Gasteiger charge is -2.10. The van der Waals surface area contributed by atoms with Crippen molar-refractivity contribution in [2.75, 3.05) is 19.0 Å². The summed E-state index contributed by atoms with van der Waals surface area (Å²) in [4.78, 5) is 13.9. The standard InChI is InChI=1S/C23H22FNO3S/c1-15-12-20(16(2)25(15)18-6-4-17(24)5-7-18)21(26)14-29-19-8-9-22-23(13-19)28-11-3-10-27-22/h4-9,12-13H,3,10-11,14H2,1-2H3. The van der Waals surface area contributed by atoms with Crippen molar-refractivity contribution in [3.63, 3.8) is 0 Å². The van der Waals surface area contributed by atoms with Crippen LogP contribution in [0.25, 0.3) is 5.69 Å². The summed E-state index contributed by atoms with van der Waals surface area (Å²) in [5.74, 6) is 1.59. The van der Waals surface area contributed by atoms with E-state index in [1.165, 1.54) is 23.9 Å². The van der Waals surface area contributed by atoms with Gasteiger partial charge < -0.3 is 14.0 Å². The number of halogens is 1. The Morgan fingerprint density at radius 1 is 1.03 bits per heavy atom. The van der Waals surface area contributed by atoms with E-state index in [9.17, 15) is 9.18 Å². The number of benzene rings is 2. The number of ether oxygens (including phenoxy) is 2. The number of nitrogens with zero attached hydrogens (tertiary/aromatic N) is 1. The molecule has 0 spiro atoms. The minimum Gasteiger partial charge on any atom is -0.490 e. The van der Waals surface area contributed by atoms with Gasteiger partial charge in [-0.25, -0.2) is 4.39 Å². The van der Waals surface area contributed by atoms with E-state index in [0.717, 1.165) is 39.9 Å². The number of hydrogen-bond donors (Lipinski definition) is 0. The molecule has 0 saturated heterocycles. The van der Waals surface area contributed by atoms with Crippen LogP contribution in [0.5, 0.6) is 11.5 Å². The number of fused-ring (bicyclic) bond motifs is 1. The van der Waals surface area contributed by atoms with Crippen molar-refractivity contribution in [2.45, 2.75) is 25.2 Å². The van der Waals surface area contributed by atoms with Crippen molar-refractivity contribution in [3.05, 3.63) is 71.3 Å². The molecule has 0 N–H and O–H groups in total. The average Bonchev–Trinajstić information content (AvgIpc) is 2.88. The van der Waals surface area contributed by atoms with Crippen molar-refractivity contribution in [3.8, 4) is 17.2 Å². The lowest BCUT2D eigenvalue weighted by atomic mass is 10.2. The first-order valence-electron chi connectivity index (χ1n) is 9.53. The molecule has 0 amide bonds. The number of aryl methyl sites for hydroxylation is 1. The Morgan fingerprint density at radius 2 is 1.76 bits per heavy atom. The van der Waals surface area contributed by atoms with Crippen molar-refractivity contribution < 1.29 is 18.7 Å². The third-order valence-electron chi connectivity index (χ3n) is 4.91. The summed E-state index contributed by atoms with van der Waals surface area (Å²) < 4.78 is 26.6. The van der Waals surface area contributed by atoms with Gasteiger partial charge in [0.2, 0.25) is 0 Å². The fourth-order valence-corrected chi connectivity index (χ4v) is 4.30. The number of carbonyl (C=O) groups excluding carboxylic acids is 1. The van der Waals surface area contributed by atoms with Gasteiger partial charge in [-0.05, 0) is 62.4 Å². The Hall–Kier alpha value is -2.73. The molecule has 0 aliphatic carbocycles. The molecule has 4 nitrogen and oxygen atoms in total. The number of Topliss-reactive ketones (excluding diaryl/α,β-unsaturated/α-hetero) is 1. The summed E-state index contributed by atoms with van der Waals surface area (Å²) in [5.41, 5.74) is 3.33. The fourth-order valence-electron chi connectivity index (χ4n) is 3.49. The Morgan fingerprint density at radius 3 is 2.52 bits per heavy atom. The van der Waals surface area contributed by atoms with Crippen molar-refractivity contribution in [1.82, 2.24) is 4.57 Å². The zero-order valence-corrected chi connectivity index (χ0v) is 17.2. The maximum atomic E-state index is 13.2. The van der Waals surface area contributed by atoms with Gasteiger partial charge in [0.15, 0.2) is 17.3 Å². The summed E-state index contributed by atoms with van der Waals surface area (Å²) in [5, 5.41) is 0. The normalized spacial score (nSPS) is 13.2. The number of rotatable bonds is 5. The van der Waals surface area contributed by atoms with Gasteiger partial charge in [0.1, 0.15) is 5.82 Å². The number of hydrogen-bond acceptors (Lipinski definition) is 4. The van der Waals surface area contributed by atoms with Gasteiger partial charge in [0.05, 0.1) is 19.0 Å². The Balaban J connectivity index is 1.50. The van der Waals surface area contributed by atoms with Gasteiger partial charge in [0.25, 0.3) is 0 Å². The third kappa shape index (κ3) is 4.17. The number of aromatic nitrogens is 1. The van der Waals surface area contributed by atoms with Gasteiger partial charge in [-0.2, -0.15) is 0 Å². The van der Waals surface area contributed by atoms with E-state index >= 15 is 0 Å². The van der Waals surface area contributed by atoms with Crippen LogP contribution in [0.3, 0.4) is 0 Å². The highest BCUT2D eigenvalue weighted by molar-refractivity contribution is 8.00. The van der Waals surface area contributed by atoms with E-state index in [-0.39, 0.29) is 11.6 Å². The molecule has 1 aliphatic rings. The van der Waals surface area contributed by atoms with Crippen LogP contribution in [0.1, 0.15) is 28.2 Å². The average molecular weight is 411 g/mol. The maximum Gasteiger partial charge on any atom is 0.174 e. The summed E-state index contributed by atoms with van der Waals surface area (Å²) in [6, 6.07) is 14.0. The molecule has 0 unspecified atom stereocenters. The highest BCUT2D eigenvalue weighted by Crippen LogP contribution is 2.34. The Bertz CT molecular complexity index is 1040. The van der Waals surface area contributed by atoms with Crippen LogP contribution < -0.4 is 9.47 Å². The second kappa shape index (κ2) is 8.33. The van der Waals surface area contributed by atoms with Crippen LogP contribution >= 0.6 is 11.8 Å². The van der Waals surface area contributed by atoms with Crippen molar-refractivity contribution in [1.29, 1.82) is 0 Å². The quantitative estimate of drug-likeness (QED) is 0.418. The third-order valence-corrected chi connectivity index (χ3v) is 5.90. The molecule has 0 saturated carbocycles. The molecular formula is C23H22FNO3S. The van der Waals surface area contributed by atoms with Crippen LogP contribution in [-0.4, -0.2) is 29.3 Å². The van der Waals surface area contributed by atoms with Crippen LogP contribution in [0.15, 0.2) is 53.4 Å². The second-order valence-electron chi connectivity index (χ2n) is 6.97. The lowest BCUT2D eigenvalue weighted by molar-refractivity contribution is 0.102. The summed E-state index contributed by atoms with van der Waals surface area (Å²) >= 11 is 1.48. The van der Waals surface area contributed by atoms with E-state index in [0.29, 0.717) is 24.5 Å². The van der Waals surface area contributed by atoms with Crippen LogP contribution in [0.4, 0.5) is 4.39 Å². The molecule has 6 heteroatoms. The molecule has 2 heterocycles. The highest BCUT2D eigenvalue weighted by Gasteiger charge is 2.18. The fraction of sp³-hybridized carbons (Fsp3) is 0.261. The topological polar surface area (TPSA) is 40.5 Å². The monoisotopic (exact) mass is 411 g/mol. The second-order valence-corrected chi connectivity index (χ2v) is 8.02. The van der Waals surface area contributed by atoms with Gasteiger partial charge in [-0.15, -0.1) is 11.8 Å². The zero-order valence-electron chi connectivity index (χ0n) is 16.4. The van der Waals surface area contributed by atoms with E-state index < -0.39 is 0 Å². The van der Waals surface area contributed by atoms with Crippen LogP contribution in [0.2, 0.25) is 0 Å². The molecular weight excluding hydrogens is 389 g/mol.